The van der Waals surface area contributed by atoms with Crippen LogP contribution in [0, 0.1) is 0 Å². The molecule has 10 nitrogen and oxygen atoms in total. The van der Waals surface area contributed by atoms with Gasteiger partial charge >= 0.3 is 0 Å². The lowest BCUT2D eigenvalue weighted by atomic mass is 10.1. The van der Waals surface area contributed by atoms with Gasteiger partial charge in [0.05, 0.1) is 4.90 Å². The Labute approximate surface area is 130 Å². The monoisotopic (exact) mass is 383 g/mol. The van der Waals surface area contributed by atoms with Crippen molar-refractivity contribution in [3.63, 3.8) is 0 Å². The maximum Gasteiger partial charge on any atom is 0.295 e. The van der Waals surface area contributed by atoms with Gasteiger partial charge < -0.3 is 5.73 Å². The Balaban J connectivity index is 3.19. The van der Waals surface area contributed by atoms with E-state index in [4.69, 9.17) is 10.3 Å². The number of hydrogen-bond acceptors (Lipinski definition) is 7. The van der Waals surface area contributed by atoms with Crippen molar-refractivity contribution in [1.29, 1.82) is 0 Å². The summed E-state index contributed by atoms with van der Waals surface area (Å²) in [5.41, 5.74) is 4.99. The number of nitrogens with two attached hydrogens (primary N) is 1. The average Bonchev–Trinajstić information content (AvgIpc) is 2.33. The second kappa shape index (κ2) is 5.12. The van der Waals surface area contributed by atoms with Crippen molar-refractivity contribution in [1.82, 2.24) is 0 Å². The molecule has 0 unspecified atom stereocenters. The molecule has 2 rings (SSSR count). The first kappa shape index (κ1) is 17.6. The summed E-state index contributed by atoms with van der Waals surface area (Å²) >= 11 is 0. The Morgan fingerprint density at radius 3 is 1.65 bits per heavy atom. The third-order valence-electron chi connectivity index (χ3n) is 2.89. The van der Waals surface area contributed by atoms with Gasteiger partial charge in [-0.15, -0.1) is 0 Å². The molecular weight excluding hydrogens is 374 g/mol. The van der Waals surface area contributed by atoms with E-state index in [1.54, 1.807) is 0 Å². The maximum absolute atomic E-state index is 11.4. The van der Waals surface area contributed by atoms with Gasteiger partial charge in [-0.3, -0.25) is 13.7 Å². The van der Waals surface area contributed by atoms with E-state index >= 15 is 0 Å². The summed E-state index contributed by atoms with van der Waals surface area (Å²) in [5, 5.41) is -1.12. The quantitative estimate of drug-likeness (QED) is 0.419. The molecular formula is C10H9NO9S3. The van der Waals surface area contributed by atoms with Crippen LogP contribution in [0.3, 0.4) is 0 Å². The second-order valence-corrected chi connectivity index (χ2v) is 8.62. The Hall–Kier alpha value is -1.77. The number of benzene rings is 2. The van der Waals surface area contributed by atoms with Crippen molar-refractivity contribution in [3.05, 3.63) is 24.3 Å². The topological polar surface area (TPSA) is 189 Å². The lowest BCUT2D eigenvalue weighted by Crippen LogP contribution is -2.07. The van der Waals surface area contributed by atoms with E-state index in [2.05, 4.69) is 0 Å². The van der Waals surface area contributed by atoms with Crippen LogP contribution in [-0.4, -0.2) is 38.9 Å². The molecule has 0 aliphatic rings. The van der Waals surface area contributed by atoms with Gasteiger partial charge in [-0.1, -0.05) is 0 Å². The number of nitrogen functional groups attached to an aromatic ring is 1. The van der Waals surface area contributed by atoms with Crippen LogP contribution in [0.5, 0.6) is 0 Å². The van der Waals surface area contributed by atoms with Crippen LogP contribution in [0.1, 0.15) is 0 Å². The van der Waals surface area contributed by atoms with Crippen molar-refractivity contribution in [2.75, 3.05) is 5.73 Å². The van der Waals surface area contributed by atoms with Crippen molar-refractivity contribution in [2.45, 2.75) is 14.7 Å². The zero-order valence-electron chi connectivity index (χ0n) is 10.9. The Morgan fingerprint density at radius 2 is 1.22 bits per heavy atom. The van der Waals surface area contributed by atoms with Gasteiger partial charge in [0.2, 0.25) is 0 Å². The van der Waals surface area contributed by atoms with E-state index in [0.29, 0.717) is 24.3 Å². The molecule has 0 spiro atoms. The van der Waals surface area contributed by atoms with Crippen molar-refractivity contribution < 1.29 is 38.9 Å². The minimum atomic E-state index is -4.88. The van der Waals surface area contributed by atoms with E-state index in [0.717, 1.165) is 0 Å². The highest BCUT2D eigenvalue weighted by Crippen LogP contribution is 2.35. The summed E-state index contributed by atoms with van der Waals surface area (Å²) in [7, 11) is -14.5. The molecule has 2 aromatic rings. The van der Waals surface area contributed by atoms with Gasteiger partial charge in [-0.05, 0) is 24.3 Å². The zero-order valence-corrected chi connectivity index (χ0v) is 13.4. The molecule has 0 aromatic heterocycles. The number of hydrogen-bond donors (Lipinski definition) is 4. The number of rotatable bonds is 3. The molecule has 126 valence electrons. The summed E-state index contributed by atoms with van der Waals surface area (Å²) < 4.78 is 95.2. The first-order valence-corrected chi connectivity index (χ1v) is 9.83. The molecule has 0 fully saturated rings. The van der Waals surface area contributed by atoms with Gasteiger partial charge in [-0.2, -0.15) is 25.3 Å². The predicted octanol–water partition coefficient (Wildman–Crippen LogP) is 0.162. The van der Waals surface area contributed by atoms with E-state index in [1.807, 2.05) is 0 Å². The standard InChI is InChI=1S/C10H9NO9S3/c11-7-4-5(21(12,13)14)3-6-8(22(15,16)17)1-2-9(10(6)7)23(18,19)20/h1-4H,11H2,(H,12,13,14)(H,15,16,17)(H,18,19,20). The van der Waals surface area contributed by atoms with Gasteiger partial charge in [0.15, 0.2) is 0 Å². The summed E-state index contributed by atoms with van der Waals surface area (Å²) in [6.45, 7) is 0. The fourth-order valence-corrected chi connectivity index (χ4v) is 3.97. The highest BCUT2D eigenvalue weighted by Gasteiger charge is 2.25. The van der Waals surface area contributed by atoms with E-state index in [9.17, 15) is 34.4 Å². The smallest absolute Gasteiger partial charge is 0.295 e. The number of fused-ring (bicyclic) bond motifs is 1. The fourth-order valence-electron chi connectivity index (χ4n) is 2.02. The molecule has 0 atom stereocenters. The zero-order chi connectivity index (χ0) is 17.8. The van der Waals surface area contributed by atoms with Crippen molar-refractivity contribution in [2.24, 2.45) is 0 Å². The molecule has 0 aliphatic heterocycles. The number of anilines is 1. The van der Waals surface area contributed by atoms with Crippen LogP contribution in [0.4, 0.5) is 5.69 Å². The van der Waals surface area contributed by atoms with Crippen molar-refractivity contribution >= 4 is 46.8 Å². The molecule has 5 N–H and O–H groups in total. The van der Waals surface area contributed by atoms with Crippen molar-refractivity contribution in [3.8, 4) is 0 Å². The predicted molar refractivity (Wildman–Crippen MR) is 77.8 cm³/mol. The van der Waals surface area contributed by atoms with Crippen LogP contribution in [0.25, 0.3) is 10.8 Å². The Kier molecular flexibility index (Phi) is 3.91. The Bertz CT molecular complexity index is 1130. The van der Waals surface area contributed by atoms with Crippen LogP contribution < -0.4 is 5.73 Å². The minimum Gasteiger partial charge on any atom is -0.398 e. The first-order valence-electron chi connectivity index (χ1n) is 5.51. The molecule has 0 radical (unpaired) electrons. The van der Waals surface area contributed by atoms with Gasteiger partial charge in [0, 0.05) is 16.5 Å². The third kappa shape index (κ3) is 3.29. The molecule has 0 bridgehead atoms. The summed E-state index contributed by atoms with van der Waals surface area (Å²) in [6, 6.07) is 2.62. The maximum atomic E-state index is 11.4. The van der Waals surface area contributed by atoms with Crippen LogP contribution in [-0.2, 0) is 30.4 Å². The molecule has 23 heavy (non-hydrogen) atoms. The summed E-state index contributed by atoms with van der Waals surface area (Å²) in [6.07, 6.45) is 0. The van der Waals surface area contributed by atoms with Gasteiger partial charge in [0.25, 0.3) is 30.4 Å². The minimum absolute atomic E-state index is 0.518. The van der Waals surface area contributed by atoms with E-state index in [-0.39, 0.29) is 0 Å². The SMILES string of the molecule is Nc1cc(S(=O)(=O)O)cc2c(S(=O)(=O)O)ccc(S(=O)(=O)O)c12. The lowest BCUT2D eigenvalue weighted by molar-refractivity contribution is 0.479. The van der Waals surface area contributed by atoms with Gasteiger partial charge in [0.1, 0.15) is 9.79 Å². The molecule has 0 amide bonds. The molecule has 0 heterocycles. The molecule has 0 aliphatic carbocycles. The molecule has 13 heteroatoms. The van der Waals surface area contributed by atoms with E-state index < -0.39 is 61.5 Å². The second-order valence-electron chi connectivity index (χ2n) is 4.42. The average molecular weight is 383 g/mol. The normalized spacial score (nSPS) is 13.3. The van der Waals surface area contributed by atoms with Gasteiger partial charge in [-0.25, -0.2) is 0 Å². The van der Waals surface area contributed by atoms with Crippen LogP contribution >= 0.6 is 0 Å². The summed E-state index contributed by atoms with van der Waals surface area (Å²) in [4.78, 5) is -2.46. The summed E-state index contributed by atoms with van der Waals surface area (Å²) in [5.74, 6) is 0. The van der Waals surface area contributed by atoms with Crippen LogP contribution in [0.2, 0.25) is 0 Å². The molecule has 0 saturated carbocycles. The molecule has 0 saturated heterocycles. The highest BCUT2D eigenvalue weighted by atomic mass is 32.2. The largest absolute Gasteiger partial charge is 0.398 e. The lowest BCUT2D eigenvalue weighted by Gasteiger charge is -2.11. The Morgan fingerprint density at radius 1 is 0.739 bits per heavy atom. The van der Waals surface area contributed by atoms with Crippen LogP contribution in [0.15, 0.2) is 39.0 Å². The molecule has 2 aromatic carbocycles. The van der Waals surface area contributed by atoms with E-state index in [1.165, 1.54) is 0 Å². The third-order valence-corrected chi connectivity index (χ3v) is 5.53. The fraction of sp³-hybridized carbons (Fsp3) is 0. The highest BCUT2D eigenvalue weighted by molar-refractivity contribution is 7.87. The first-order chi connectivity index (χ1) is 10.2.